The van der Waals surface area contributed by atoms with Crippen LogP contribution in [0.4, 0.5) is 5.69 Å². The molecule has 5 rings (SSSR count). The number of fused-ring (bicyclic) bond motifs is 3. The summed E-state index contributed by atoms with van der Waals surface area (Å²) in [5.41, 5.74) is 4.97. The van der Waals surface area contributed by atoms with Crippen molar-refractivity contribution in [3.05, 3.63) is 107 Å². The number of anilines is 1. The van der Waals surface area contributed by atoms with Gasteiger partial charge in [0.1, 0.15) is 5.75 Å². The van der Waals surface area contributed by atoms with Gasteiger partial charge in [-0.2, -0.15) is 0 Å². The molecule has 0 amide bonds. The van der Waals surface area contributed by atoms with E-state index < -0.39 is 0 Å². The van der Waals surface area contributed by atoms with Crippen LogP contribution in [0.5, 0.6) is 5.75 Å². The van der Waals surface area contributed by atoms with E-state index in [1.54, 1.807) is 0 Å². The van der Waals surface area contributed by atoms with Crippen LogP contribution in [-0.2, 0) is 6.42 Å². The Hall–Kier alpha value is -2.71. The summed E-state index contributed by atoms with van der Waals surface area (Å²) >= 11 is 6.58. The van der Waals surface area contributed by atoms with Crippen LogP contribution >= 0.6 is 11.6 Å². The van der Waals surface area contributed by atoms with Crippen molar-refractivity contribution in [2.75, 3.05) is 11.9 Å². The van der Waals surface area contributed by atoms with E-state index >= 15 is 0 Å². The fourth-order valence-electron chi connectivity index (χ4n) is 4.85. The highest BCUT2D eigenvalue weighted by Crippen LogP contribution is 2.52. The van der Waals surface area contributed by atoms with Gasteiger partial charge >= 0.3 is 0 Å². The zero-order chi connectivity index (χ0) is 20.3. The smallest absolute Gasteiger partial charge is 0.142 e. The molecule has 3 unspecified atom stereocenters. The molecule has 30 heavy (non-hydrogen) atoms. The molecule has 0 bridgehead atoms. The molecule has 1 aliphatic heterocycles. The molecule has 0 fully saturated rings. The lowest BCUT2D eigenvalue weighted by Crippen LogP contribution is -2.29. The molecule has 0 radical (unpaired) electrons. The van der Waals surface area contributed by atoms with Crippen LogP contribution in [0.25, 0.3) is 0 Å². The largest absolute Gasteiger partial charge is 0.491 e. The first-order chi connectivity index (χ1) is 14.8. The Morgan fingerprint density at radius 2 is 1.70 bits per heavy atom. The van der Waals surface area contributed by atoms with E-state index in [4.69, 9.17) is 16.3 Å². The Morgan fingerprint density at radius 1 is 0.900 bits per heavy atom. The van der Waals surface area contributed by atoms with E-state index in [0.29, 0.717) is 18.4 Å². The summed E-state index contributed by atoms with van der Waals surface area (Å²) in [4.78, 5) is 0. The minimum absolute atomic E-state index is 0.181. The molecule has 2 nitrogen and oxygen atoms in total. The second kappa shape index (κ2) is 8.57. The maximum Gasteiger partial charge on any atom is 0.142 e. The molecule has 3 atom stereocenters. The number of allylic oxidation sites excluding steroid dienone is 2. The lowest BCUT2D eigenvalue weighted by Gasteiger charge is -2.38. The van der Waals surface area contributed by atoms with Crippen molar-refractivity contribution >= 4 is 17.3 Å². The van der Waals surface area contributed by atoms with Gasteiger partial charge in [-0.3, -0.25) is 0 Å². The van der Waals surface area contributed by atoms with Crippen molar-refractivity contribution in [3.8, 4) is 5.75 Å². The van der Waals surface area contributed by atoms with Gasteiger partial charge in [0.15, 0.2) is 0 Å². The number of hydrogen-bond acceptors (Lipinski definition) is 2. The topological polar surface area (TPSA) is 21.3 Å². The first-order valence-electron chi connectivity index (χ1n) is 10.8. The van der Waals surface area contributed by atoms with Crippen molar-refractivity contribution in [2.45, 2.75) is 31.2 Å². The maximum atomic E-state index is 6.58. The van der Waals surface area contributed by atoms with Gasteiger partial charge in [0.05, 0.1) is 18.3 Å². The molecule has 1 aliphatic carbocycles. The van der Waals surface area contributed by atoms with Crippen LogP contribution < -0.4 is 10.1 Å². The number of halogens is 1. The third kappa shape index (κ3) is 3.73. The standard InChI is InChI=1S/C27H26ClNO/c28-24-16-5-4-12-23(24)26-21-14-6-13-20(21)22-15-7-17-25(27(22)29-26)30-18-8-11-19-9-2-1-3-10-19/h1-7,9-10,12-13,15-17,20-21,26,29H,8,11,14,18H2. The number of aryl methyl sites for hydroxylation is 1. The second-order valence-corrected chi connectivity index (χ2v) is 8.56. The molecule has 3 heteroatoms. The molecular weight excluding hydrogens is 390 g/mol. The van der Waals surface area contributed by atoms with E-state index in [2.05, 4.69) is 78.1 Å². The molecule has 2 aliphatic rings. The van der Waals surface area contributed by atoms with Crippen LogP contribution in [-0.4, -0.2) is 6.61 Å². The summed E-state index contributed by atoms with van der Waals surface area (Å²) in [7, 11) is 0. The summed E-state index contributed by atoms with van der Waals surface area (Å²) in [6.07, 6.45) is 7.75. The van der Waals surface area contributed by atoms with E-state index in [1.807, 2.05) is 12.1 Å². The highest BCUT2D eigenvalue weighted by Gasteiger charge is 2.39. The number of ether oxygens (including phenoxy) is 1. The van der Waals surface area contributed by atoms with Gasteiger partial charge in [-0.15, -0.1) is 0 Å². The molecule has 0 spiro atoms. The summed E-state index contributed by atoms with van der Waals surface area (Å²) in [5, 5.41) is 4.63. The third-order valence-electron chi connectivity index (χ3n) is 6.31. The molecule has 3 aromatic carbocycles. The van der Waals surface area contributed by atoms with Crippen molar-refractivity contribution in [2.24, 2.45) is 5.92 Å². The highest BCUT2D eigenvalue weighted by atomic mass is 35.5. The highest BCUT2D eigenvalue weighted by molar-refractivity contribution is 6.31. The van der Waals surface area contributed by atoms with Gasteiger partial charge in [-0.05, 0) is 54.0 Å². The molecular formula is C27H26ClNO. The average Bonchev–Trinajstić information content (AvgIpc) is 3.28. The van der Waals surface area contributed by atoms with Gasteiger partial charge in [0.25, 0.3) is 0 Å². The van der Waals surface area contributed by atoms with Gasteiger partial charge in [-0.25, -0.2) is 0 Å². The molecule has 1 heterocycles. The zero-order valence-corrected chi connectivity index (χ0v) is 17.7. The number of benzene rings is 3. The average molecular weight is 416 g/mol. The number of para-hydroxylation sites is 1. The van der Waals surface area contributed by atoms with Gasteiger partial charge in [0, 0.05) is 10.9 Å². The maximum absolute atomic E-state index is 6.58. The fourth-order valence-corrected chi connectivity index (χ4v) is 5.10. The lowest BCUT2D eigenvalue weighted by molar-refractivity contribution is 0.309. The molecule has 1 N–H and O–H groups in total. The Balaban J connectivity index is 1.37. The lowest BCUT2D eigenvalue weighted by atomic mass is 9.77. The van der Waals surface area contributed by atoms with Gasteiger partial charge in [0.2, 0.25) is 0 Å². The zero-order valence-electron chi connectivity index (χ0n) is 16.9. The van der Waals surface area contributed by atoms with Crippen LogP contribution in [0.1, 0.15) is 41.5 Å². The number of rotatable bonds is 6. The molecule has 0 aromatic heterocycles. The summed E-state index contributed by atoms with van der Waals surface area (Å²) in [6.45, 7) is 0.702. The number of nitrogens with one attached hydrogen (secondary N) is 1. The SMILES string of the molecule is Clc1ccccc1C1Nc2c(OCCCc3ccccc3)cccc2C2C=CCC21. The molecule has 152 valence electrons. The van der Waals surface area contributed by atoms with Crippen molar-refractivity contribution in [3.63, 3.8) is 0 Å². The van der Waals surface area contributed by atoms with E-state index in [-0.39, 0.29) is 6.04 Å². The Morgan fingerprint density at radius 3 is 2.57 bits per heavy atom. The summed E-state index contributed by atoms with van der Waals surface area (Å²) in [6, 6.07) is 25.4. The van der Waals surface area contributed by atoms with E-state index in [9.17, 15) is 0 Å². The minimum atomic E-state index is 0.181. The normalized spacial score (nSPS) is 21.6. The Kier molecular flexibility index (Phi) is 5.50. The van der Waals surface area contributed by atoms with E-state index in [1.165, 1.54) is 16.7 Å². The quantitative estimate of drug-likeness (QED) is 0.340. The van der Waals surface area contributed by atoms with Crippen LogP contribution in [0.15, 0.2) is 84.9 Å². The van der Waals surface area contributed by atoms with Crippen LogP contribution in [0.3, 0.4) is 0 Å². The first kappa shape index (κ1) is 19.3. The molecule has 0 saturated carbocycles. The molecule has 0 saturated heterocycles. The first-order valence-corrected chi connectivity index (χ1v) is 11.2. The minimum Gasteiger partial charge on any atom is -0.491 e. The third-order valence-corrected chi connectivity index (χ3v) is 6.65. The predicted molar refractivity (Wildman–Crippen MR) is 125 cm³/mol. The number of hydrogen-bond donors (Lipinski definition) is 1. The van der Waals surface area contributed by atoms with Crippen molar-refractivity contribution in [1.82, 2.24) is 0 Å². The van der Waals surface area contributed by atoms with E-state index in [0.717, 1.165) is 35.7 Å². The van der Waals surface area contributed by atoms with Crippen LogP contribution in [0.2, 0.25) is 5.02 Å². The Labute approximate surface area is 183 Å². The predicted octanol–water partition coefficient (Wildman–Crippen LogP) is 7.18. The summed E-state index contributed by atoms with van der Waals surface area (Å²) in [5.74, 6) is 1.82. The Bertz CT molecular complexity index is 1050. The van der Waals surface area contributed by atoms with Gasteiger partial charge < -0.3 is 10.1 Å². The fraction of sp³-hybridized carbons (Fsp3) is 0.259. The monoisotopic (exact) mass is 415 g/mol. The second-order valence-electron chi connectivity index (χ2n) is 8.16. The molecule has 3 aromatic rings. The van der Waals surface area contributed by atoms with Crippen molar-refractivity contribution < 1.29 is 4.74 Å². The van der Waals surface area contributed by atoms with Crippen LogP contribution in [0, 0.1) is 5.92 Å². The van der Waals surface area contributed by atoms with Gasteiger partial charge in [-0.1, -0.05) is 84.4 Å². The van der Waals surface area contributed by atoms with Crippen molar-refractivity contribution in [1.29, 1.82) is 0 Å². The summed E-state index contributed by atoms with van der Waals surface area (Å²) < 4.78 is 6.27.